The lowest BCUT2D eigenvalue weighted by atomic mass is 9.89. The Kier molecular flexibility index (Phi) is 3.96. The van der Waals surface area contributed by atoms with Crippen molar-refractivity contribution in [3.05, 3.63) is 0 Å². The fourth-order valence-corrected chi connectivity index (χ4v) is 1.84. The lowest BCUT2D eigenvalue weighted by Crippen LogP contribution is -2.61. The Bertz CT molecular complexity index is 328. The summed E-state index contributed by atoms with van der Waals surface area (Å²) in [6, 6.07) is -0.601. The number of carbonyl (C=O) groups is 3. The molecule has 1 saturated heterocycles. The van der Waals surface area contributed by atoms with Gasteiger partial charge in [0.25, 0.3) is 0 Å². The molecule has 0 spiro atoms. The number of amides is 4. The highest BCUT2D eigenvalue weighted by molar-refractivity contribution is 7.98. The predicted molar refractivity (Wildman–Crippen MR) is 62.0 cm³/mol. The topological polar surface area (TPSA) is 66.5 Å². The van der Waals surface area contributed by atoms with E-state index < -0.39 is 23.3 Å². The van der Waals surface area contributed by atoms with Gasteiger partial charge in [0.2, 0.25) is 11.8 Å². The van der Waals surface area contributed by atoms with Gasteiger partial charge in [-0.2, -0.15) is 11.8 Å². The SMILES string of the molecule is CSCCCN1C(=O)NC(=O)C(C)(C)C1=O. The zero-order valence-electron chi connectivity index (χ0n) is 9.70. The van der Waals surface area contributed by atoms with E-state index in [4.69, 9.17) is 0 Å². The third-order valence-corrected chi connectivity index (χ3v) is 3.24. The highest BCUT2D eigenvalue weighted by Gasteiger charge is 2.46. The first kappa shape index (κ1) is 13.0. The zero-order chi connectivity index (χ0) is 12.3. The maximum atomic E-state index is 11.9. The van der Waals surface area contributed by atoms with Crippen LogP contribution in [0.15, 0.2) is 0 Å². The Morgan fingerprint density at radius 1 is 1.31 bits per heavy atom. The number of hydrogen-bond acceptors (Lipinski definition) is 4. The molecular formula is C10H16N2O3S. The van der Waals surface area contributed by atoms with Crippen molar-refractivity contribution in [1.29, 1.82) is 0 Å². The molecule has 0 aromatic carbocycles. The summed E-state index contributed by atoms with van der Waals surface area (Å²) in [4.78, 5) is 35.9. The Balaban J connectivity index is 2.73. The van der Waals surface area contributed by atoms with Gasteiger partial charge < -0.3 is 0 Å². The van der Waals surface area contributed by atoms with E-state index in [0.29, 0.717) is 6.54 Å². The zero-order valence-corrected chi connectivity index (χ0v) is 10.5. The van der Waals surface area contributed by atoms with Crippen LogP contribution in [0.5, 0.6) is 0 Å². The molecule has 4 amide bonds. The third kappa shape index (κ3) is 2.37. The maximum Gasteiger partial charge on any atom is 0.330 e. The molecule has 6 heteroatoms. The fourth-order valence-electron chi connectivity index (χ4n) is 1.42. The van der Waals surface area contributed by atoms with Crippen molar-refractivity contribution >= 4 is 29.6 Å². The molecule has 0 aromatic heterocycles. The van der Waals surface area contributed by atoms with E-state index in [2.05, 4.69) is 5.32 Å². The van der Waals surface area contributed by atoms with Crippen LogP contribution in [-0.4, -0.2) is 41.3 Å². The van der Waals surface area contributed by atoms with Crippen molar-refractivity contribution in [3.63, 3.8) is 0 Å². The molecule has 1 fully saturated rings. The van der Waals surface area contributed by atoms with Gasteiger partial charge in [0, 0.05) is 6.54 Å². The Morgan fingerprint density at radius 2 is 1.94 bits per heavy atom. The molecule has 1 aliphatic rings. The van der Waals surface area contributed by atoms with Crippen molar-refractivity contribution < 1.29 is 14.4 Å². The van der Waals surface area contributed by atoms with Crippen molar-refractivity contribution in [2.75, 3.05) is 18.6 Å². The van der Waals surface area contributed by atoms with Crippen LogP contribution in [0.25, 0.3) is 0 Å². The van der Waals surface area contributed by atoms with Gasteiger partial charge in [-0.15, -0.1) is 0 Å². The van der Waals surface area contributed by atoms with E-state index in [0.717, 1.165) is 17.1 Å². The summed E-state index contributed by atoms with van der Waals surface area (Å²) in [6.45, 7) is 3.42. The predicted octanol–water partition coefficient (Wildman–Crippen LogP) is 0.844. The van der Waals surface area contributed by atoms with E-state index in [9.17, 15) is 14.4 Å². The summed E-state index contributed by atoms with van der Waals surface area (Å²) in [5.41, 5.74) is -1.15. The second-order valence-electron chi connectivity index (χ2n) is 4.19. The van der Waals surface area contributed by atoms with Crippen molar-refractivity contribution in [1.82, 2.24) is 10.2 Å². The summed E-state index contributed by atoms with van der Waals surface area (Å²) < 4.78 is 0. The van der Waals surface area contributed by atoms with Crippen LogP contribution < -0.4 is 5.32 Å². The highest BCUT2D eigenvalue weighted by Crippen LogP contribution is 2.23. The second kappa shape index (κ2) is 4.86. The molecule has 5 nitrogen and oxygen atoms in total. The summed E-state index contributed by atoms with van der Waals surface area (Å²) in [5.74, 6) is -0.0585. The number of imide groups is 2. The van der Waals surface area contributed by atoms with Gasteiger partial charge in [0.15, 0.2) is 0 Å². The molecule has 90 valence electrons. The normalized spacial score (nSPS) is 19.9. The van der Waals surface area contributed by atoms with E-state index in [1.165, 1.54) is 13.8 Å². The number of hydrogen-bond donors (Lipinski definition) is 1. The van der Waals surface area contributed by atoms with Crippen molar-refractivity contribution in [2.45, 2.75) is 20.3 Å². The van der Waals surface area contributed by atoms with Gasteiger partial charge >= 0.3 is 6.03 Å². The van der Waals surface area contributed by atoms with Gasteiger partial charge in [-0.25, -0.2) is 4.79 Å². The second-order valence-corrected chi connectivity index (χ2v) is 5.17. The van der Waals surface area contributed by atoms with Gasteiger partial charge in [-0.05, 0) is 32.3 Å². The van der Waals surface area contributed by atoms with Crippen LogP contribution in [-0.2, 0) is 9.59 Å². The molecule has 1 rings (SSSR count). The lowest BCUT2D eigenvalue weighted by Gasteiger charge is -2.34. The molecule has 0 saturated carbocycles. The van der Waals surface area contributed by atoms with Crippen LogP contribution in [0.3, 0.4) is 0 Å². The first-order chi connectivity index (χ1) is 7.41. The first-order valence-electron chi connectivity index (χ1n) is 5.07. The first-order valence-corrected chi connectivity index (χ1v) is 6.47. The minimum absolute atomic E-state index is 0.363. The number of nitrogens with one attached hydrogen (secondary N) is 1. The number of carbonyl (C=O) groups excluding carboxylic acids is 3. The van der Waals surface area contributed by atoms with E-state index in [1.807, 2.05) is 6.26 Å². The lowest BCUT2D eigenvalue weighted by molar-refractivity contribution is -0.149. The minimum atomic E-state index is -1.15. The molecule has 0 bridgehead atoms. The number of barbiturate groups is 1. The highest BCUT2D eigenvalue weighted by atomic mass is 32.2. The average Bonchev–Trinajstić information content (AvgIpc) is 2.21. The Hall–Kier alpha value is -1.04. The van der Waals surface area contributed by atoms with Crippen LogP contribution in [0, 0.1) is 5.41 Å². The number of rotatable bonds is 4. The number of thioether (sulfide) groups is 1. The molecule has 0 unspecified atom stereocenters. The molecule has 1 aliphatic heterocycles. The van der Waals surface area contributed by atoms with E-state index in [1.54, 1.807) is 11.8 Å². The summed E-state index contributed by atoms with van der Waals surface area (Å²) in [7, 11) is 0. The molecule has 0 aromatic rings. The molecule has 0 aliphatic carbocycles. The smallest absolute Gasteiger partial charge is 0.277 e. The Morgan fingerprint density at radius 3 is 2.50 bits per heavy atom. The molecule has 0 atom stereocenters. The summed E-state index contributed by atoms with van der Waals surface area (Å²) in [5, 5.41) is 2.20. The van der Waals surface area contributed by atoms with Crippen LogP contribution in [0.4, 0.5) is 4.79 Å². The Labute approximate surface area is 98.9 Å². The maximum absolute atomic E-state index is 11.9. The van der Waals surface area contributed by atoms with Crippen molar-refractivity contribution in [3.8, 4) is 0 Å². The van der Waals surface area contributed by atoms with Crippen LogP contribution in [0.1, 0.15) is 20.3 Å². The van der Waals surface area contributed by atoms with Crippen LogP contribution >= 0.6 is 11.8 Å². The van der Waals surface area contributed by atoms with Gasteiger partial charge in [-0.1, -0.05) is 0 Å². The fraction of sp³-hybridized carbons (Fsp3) is 0.700. The molecule has 1 heterocycles. The van der Waals surface area contributed by atoms with Gasteiger partial charge in [0.1, 0.15) is 5.41 Å². The van der Waals surface area contributed by atoms with Crippen LogP contribution in [0.2, 0.25) is 0 Å². The molecule has 16 heavy (non-hydrogen) atoms. The summed E-state index contributed by atoms with van der Waals surface area (Å²) >= 11 is 1.66. The third-order valence-electron chi connectivity index (χ3n) is 2.54. The molecule has 0 radical (unpaired) electrons. The molecular weight excluding hydrogens is 228 g/mol. The quantitative estimate of drug-likeness (QED) is 0.588. The van der Waals surface area contributed by atoms with E-state index >= 15 is 0 Å². The minimum Gasteiger partial charge on any atom is -0.277 e. The van der Waals surface area contributed by atoms with Gasteiger partial charge in [0.05, 0.1) is 0 Å². The van der Waals surface area contributed by atoms with Gasteiger partial charge in [-0.3, -0.25) is 19.8 Å². The largest absolute Gasteiger partial charge is 0.330 e. The average molecular weight is 244 g/mol. The number of urea groups is 1. The van der Waals surface area contributed by atoms with E-state index in [-0.39, 0.29) is 0 Å². The monoisotopic (exact) mass is 244 g/mol. The molecule has 1 N–H and O–H groups in total. The summed E-state index contributed by atoms with van der Waals surface area (Å²) in [6.07, 6.45) is 2.70. The standard InChI is InChI=1S/C10H16N2O3S/c1-10(2)7(13)11-9(15)12(8(10)14)5-4-6-16-3/h4-6H2,1-3H3,(H,11,13,15). The number of nitrogens with zero attached hydrogens (tertiary/aromatic N) is 1. The van der Waals surface area contributed by atoms with Crippen molar-refractivity contribution in [2.24, 2.45) is 5.41 Å².